The highest BCUT2D eigenvalue weighted by atomic mass is 32.1. The SMILES string of the molecule is Cn1nccc1N(Cc1ccc2ncsc2c1)C(=O)Nc1ccc(C#N)cc1. The van der Waals surface area contributed by atoms with E-state index in [4.69, 9.17) is 5.26 Å². The second kappa shape index (κ2) is 7.50. The molecular weight excluding hydrogens is 372 g/mol. The van der Waals surface area contributed by atoms with Gasteiger partial charge in [-0.15, -0.1) is 11.3 Å². The Hall–Kier alpha value is -3.70. The largest absolute Gasteiger partial charge is 0.327 e. The zero-order valence-electron chi connectivity index (χ0n) is 15.0. The van der Waals surface area contributed by atoms with Gasteiger partial charge in [-0.25, -0.2) is 9.78 Å². The number of aromatic nitrogens is 3. The third-order valence-electron chi connectivity index (χ3n) is 4.32. The number of hydrogen-bond acceptors (Lipinski definition) is 5. The minimum absolute atomic E-state index is 0.280. The maximum Gasteiger partial charge on any atom is 0.327 e. The van der Waals surface area contributed by atoms with E-state index in [2.05, 4.69) is 21.5 Å². The molecule has 2 amide bonds. The van der Waals surface area contributed by atoms with Crippen molar-refractivity contribution in [2.24, 2.45) is 7.05 Å². The van der Waals surface area contributed by atoms with Crippen molar-refractivity contribution in [1.29, 1.82) is 5.26 Å². The summed E-state index contributed by atoms with van der Waals surface area (Å²) in [4.78, 5) is 19.0. The minimum Gasteiger partial charge on any atom is -0.307 e. The van der Waals surface area contributed by atoms with Crippen molar-refractivity contribution < 1.29 is 4.79 Å². The molecule has 8 heteroatoms. The molecular formula is C20H16N6OS. The van der Waals surface area contributed by atoms with Crippen molar-refractivity contribution in [3.05, 3.63) is 71.4 Å². The Morgan fingerprint density at radius 3 is 2.79 bits per heavy atom. The zero-order valence-corrected chi connectivity index (χ0v) is 15.8. The molecule has 0 saturated carbocycles. The van der Waals surface area contributed by atoms with Crippen LogP contribution in [0.1, 0.15) is 11.1 Å². The van der Waals surface area contributed by atoms with E-state index in [0.717, 1.165) is 15.8 Å². The van der Waals surface area contributed by atoms with Gasteiger partial charge in [0.05, 0.1) is 40.1 Å². The Morgan fingerprint density at radius 1 is 1.25 bits per heavy atom. The maximum atomic E-state index is 13.0. The van der Waals surface area contributed by atoms with Crippen LogP contribution in [0.2, 0.25) is 0 Å². The second-order valence-corrected chi connectivity index (χ2v) is 7.06. The topological polar surface area (TPSA) is 86.8 Å². The molecule has 2 aromatic carbocycles. The van der Waals surface area contributed by atoms with Crippen LogP contribution in [-0.4, -0.2) is 20.8 Å². The van der Waals surface area contributed by atoms with Gasteiger partial charge in [-0.05, 0) is 42.0 Å². The number of fused-ring (bicyclic) bond motifs is 1. The van der Waals surface area contributed by atoms with E-state index in [0.29, 0.717) is 23.6 Å². The predicted molar refractivity (Wildman–Crippen MR) is 109 cm³/mol. The molecule has 2 aromatic heterocycles. The number of aryl methyl sites for hydroxylation is 1. The minimum atomic E-state index is -0.280. The van der Waals surface area contributed by atoms with E-state index in [1.807, 2.05) is 23.7 Å². The Balaban J connectivity index is 1.62. The average molecular weight is 388 g/mol. The van der Waals surface area contributed by atoms with E-state index in [9.17, 15) is 4.79 Å². The molecule has 2 heterocycles. The molecule has 0 aliphatic carbocycles. The van der Waals surface area contributed by atoms with Gasteiger partial charge in [-0.2, -0.15) is 10.4 Å². The summed E-state index contributed by atoms with van der Waals surface area (Å²) >= 11 is 1.57. The summed E-state index contributed by atoms with van der Waals surface area (Å²) in [5, 5.41) is 16.0. The van der Waals surface area contributed by atoms with Crippen molar-refractivity contribution in [3.8, 4) is 6.07 Å². The molecule has 0 radical (unpaired) electrons. The number of nitriles is 1. The molecule has 4 rings (SSSR count). The van der Waals surface area contributed by atoms with Crippen LogP contribution in [0.15, 0.2) is 60.2 Å². The van der Waals surface area contributed by atoms with Gasteiger partial charge in [-0.1, -0.05) is 6.07 Å². The van der Waals surface area contributed by atoms with E-state index >= 15 is 0 Å². The van der Waals surface area contributed by atoms with Crippen molar-refractivity contribution in [1.82, 2.24) is 14.8 Å². The zero-order chi connectivity index (χ0) is 19.5. The summed E-state index contributed by atoms with van der Waals surface area (Å²) in [7, 11) is 1.80. The number of nitrogens with zero attached hydrogens (tertiary/aromatic N) is 5. The summed E-state index contributed by atoms with van der Waals surface area (Å²) in [6.45, 7) is 0.384. The van der Waals surface area contributed by atoms with Crippen molar-refractivity contribution >= 4 is 39.1 Å². The highest BCUT2D eigenvalue weighted by molar-refractivity contribution is 7.16. The lowest BCUT2D eigenvalue weighted by atomic mass is 10.2. The predicted octanol–water partition coefficient (Wildman–Crippen LogP) is 4.14. The lowest BCUT2D eigenvalue weighted by Crippen LogP contribution is -2.35. The van der Waals surface area contributed by atoms with E-state index < -0.39 is 0 Å². The van der Waals surface area contributed by atoms with Gasteiger partial charge < -0.3 is 5.32 Å². The van der Waals surface area contributed by atoms with Crippen molar-refractivity contribution in [2.45, 2.75) is 6.54 Å². The van der Waals surface area contributed by atoms with E-state index in [1.54, 1.807) is 64.5 Å². The fourth-order valence-corrected chi connectivity index (χ4v) is 3.63. The standard InChI is InChI=1S/C20H16N6OS/c1-25-19(8-9-23-25)26(12-15-4-7-17-18(10-15)28-13-22-17)20(27)24-16-5-2-14(11-21)3-6-16/h2-10,13H,12H2,1H3,(H,24,27). The first-order valence-electron chi connectivity index (χ1n) is 8.53. The molecule has 7 nitrogen and oxygen atoms in total. The second-order valence-electron chi connectivity index (χ2n) is 6.17. The number of urea groups is 1. The van der Waals surface area contributed by atoms with Crippen molar-refractivity contribution in [2.75, 3.05) is 10.2 Å². The van der Waals surface area contributed by atoms with Gasteiger partial charge in [0.2, 0.25) is 0 Å². The van der Waals surface area contributed by atoms with Crippen LogP contribution >= 0.6 is 11.3 Å². The molecule has 0 spiro atoms. The smallest absolute Gasteiger partial charge is 0.307 e. The highest BCUT2D eigenvalue weighted by Crippen LogP contribution is 2.23. The summed E-state index contributed by atoms with van der Waals surface area (Å²) in [5.41, 5.74) is 4.91. The van der Waals surface area contributed by atoms with Gasteiger partial charge in [0.25, 0.3) is 0 Å². The number of carbonyl (C=O) groups excluding carboxylic acids is 1. The number of carbonyl (C=O) groups is 1. The monoisotopic (exact) mass is 388 g/mol. The molecule has 4 aromatic rings. The summed E-state index contributed by atoms with van der Waals surface area (Å²) < 4.78 is 2.73. The number of rotatable bonds is 4. The quantitative estimate of drug-likeness (QED) is 0.569. The van der Waals surface area contributed by atoms with Gasteiger partial charge in [0.1, 0.15) is 5.82 Å². The Morgan fingerprint density at radius 2 is 2.07 bits per heavy atom. The number of anilines is 2. The first-order chi connectivity index (χ1) is 13.6. The van der Waals surface area contributed by atoms with E-state index in [1.165, 1.54) is 0 Å². The average Bonchev–Trinajstić information content (AvgIpc) is 3.35. The highest BCUT2D eigenvalue weighted by Gasteiger charge is 2.19. The molecule has 0 unspecified atom stereocenters. The first-order valence-corrected chi connectivity index (χ1v) is 9.41. The van der Waals surface area contributed by atoms with Crippen LogP contribution in [0.3, 0.4) is 0 Å². The normalized spacial score (nSPS) is 10.6. The van der Waals surface area contributed by atoms with Crippen molar-refractivity contribution in [3.63, 3.8) is 0 Å². The van der Waals surface area contributed by atoms with Crippen LogP contribution in [0.4, 0.5) is 16.3 Å². The molecule has 0 bridgehead atoms. The molecule has 0 aliphatic heterocycles. The lowest BCUT2D eigenvalue weighted by Gasteiger charge is -2.23. The van der Waals surface area contributed by atoms with Crippen LogP contribution < -0.4 is 10.2 Å². The van der Waals surface area contributed by atoms with Crippen LogP contribution in [0.5, 0.6) is 0 Å². The van der Waals surface area contributed by atoms with E-state index in [-0.39, 0.29) is 6.03 Å². The number of hydrogen-bond donors (Lipinski definition) is 1. The van der Waals surface area contributed by atoms with Gasteiger partial charge >= 0.3 is 6.03 Å². The van der Waals surface area contributed by atoms with Crippen LogP contribution in [-0.2, 0) is 13.6 Å². The fourth-order valence-electron chi connectivity index (χ4n) is 2.89. The molecule has 0 aliphatic rings. The van der Waals surface area contributed by atoms with Crippen LogP contribution in [0.25, 0.3) is 10.2 Å². The number of thiazole rings is 1. The number of amides is 2. The third-order valence-corrected chi connectivity index (χ3v) is 5.11. The molecule has 138 valence electrons. The first kappa shape index (κ1) is 17.7. The lowest BCUT2D eigenvalue weighted by molar-refractivity contribution is 0.256. The fraction of sp³-hybridized carbons (Fsp3) is 0.100. The molecule has 0 atom stereocenters. The Labute approximate surface area is 165 Å². The number of benzene rings is 2. The van der Waals surface area contributed by atoms with Gasteiger partial charge in [0.15, 0.2) is 0 Å². The summed E-state index contributed by atoms with van der Waals surface area (Å²) in [5.74, 6) is 0.676. The Bertz CT molecular complexity index is 1170. The molecule has 28 heavy (non-hydrogen) atoms. The molecule has 0 saturated heterocycles. The van der Waals surface area contributed by atoms with Crippen LogP contribution in [0, 0.1) is 11.3 Å². The van der Waals surface area contributed by atoms with Gasteiger partial charge in [-0.3, -0.25) is 9.58 Å². The third kappa shape index (κ3) is 3.56. The molecule has 1 N–H and O–H groups in total. The summed E-state index contributed by atoms with van der Waals surface area (Å²) in [6, 6.07) is 16.3. The van der Waals surface area contributed by atoms with Gasteiger partial charge in [0, 0.05) is 18.8 Å². The summed E-state index contributed by atoms with van der Waals surface area (Å²) in [6.07, 6.45) is 1.66. The number of nitrogens with one attached hydrogen (secondary N) is 1. The Kier molecular flexibility index (Phi) is 4.74. The maximum absolute atomic E-state index is 13.0. The molecule has 0 fully saturated rings.